The van der Waals surface area contributed by atoms with Crippen LogP contribution in [0.4, 0.5) is 19.0 Å². The summed E-state index contributed by atoms with van der Waals surface area (Å²) in [6.07, 6.45) is -4.46. The first kappa shape index (κ1) is 14.0. The molecule has 0 saturated carbocycles. The summed E-state index contributed by atoms with van der Waals surface area (Å²) in [6.45, 7) is 4.34. The fourth-order valence-electron chi connectivity index (χ4n) is 1.02. The number of nitrogens with one attached hydrogen (secondary N) is 1. The maximum absolute atomic E-state index is 12.2. The van der Waals surface area contributed by atoms with Crippen LogP contribution in [0.2, 0.25) is 0 Å². The van der Waals surface area contributed by atoms with E-state index in [1.807, 2.05) is 13.8 Å². The van der Waals surface area contributed by atoms with E-state index < -0.39 is 11.9 Å². The van der Waals surface area contributed by atoms with Gasteiger partial charge in [0.25, 0.3) is 0 Å². The highest BCUT2D eigenvalue weighted by atomic mass is 35.5. The zero-order valence-electron chi connectivity index (χ0n) is 9.42. The quantitative estimate of drug-likeness (QED) is 0.852. The summed E-state index contributed by atoms with van der Waals surface area (Å²) in [5, 5.41) is 9.25. The standard InChI is InChI=1S/C10H13ClF3N3/c1-6(2)7(11)5-15-9-4-3-8(16-17-9)10(12,13)14/h3-4,6-7H,5H2,1-2H3,(H,15,17). The average molecular weight is 268 g/mol. The highest BCUT2D eigenvalue weighted by Crippen LogP contribution is 2.27. The van der Waals surface area contributed by atoms with Gasteiger partial charge in [-0.2, -0.15) is 13.2 Å². The number of hydrogen-bond acceptors (Lipinski definition) is 3. The van der Waals surface area contributed by atoms with Crippen molar-refractivity contribution in [3.05, 3.63) is 17.8 Å². The van der Waals surface area contributed by atoms with Crippen molar-refractivity contribution >= 4 is 17.4 Å². The Bertz CT molecular complexity index is 351. The van der Waals surface area contributed by atoms with Crippen LogP contribution in [0.25, 0.3) is 0 Å². The summed E-state index contributed by atoms with van der Waals surface area (Å²) in [5.74, 6) is 0.552. The van der Waals surface area contributed by atoms with Gasteiger partial charge in [-0.3, -0.25) is 0 Å². The van der Waals surface area contributed by atoms with Crippen molar-refractivity contribution < 1.29 is 13.2 Å². The lowest BCUT2D eigenvalue weighted by Gasteiger charge is -2.14. The SMILES string of the molecule is CC(C)C(Cl)CNc1ccc(C(F)(F)F)nn1. The highest BCUT2D eigenvalue weighted by molar-refractivity contribution is 6.21. The molecule has 0 bridgehead atoms. The molecule has 0 radical (unpaired) electrons. The molecule has 1 atom stereocenters. The fraction of sp³-hybridized carbons (Fsp3) is 0.600. The molecular formula is C10H13ClF3N3. The highest BCUT2D eigenvalue weighted by Gasteiger charge is 2.32. The lowest BCUT2D eigenvalue weighted by Crippen LogP contribution is -2.20. The summed E-state index contributed by atoms with van der Waals surface area (Å²) >= 11 is 5.98. The van der Waals surface area contributed by atoms with E-state index in [0.29, 0.717) is 6.54 Å². The molecule has 1 unspecified atom stereocenters. The van der Waals surface area contributed by atoms with Crippen LogP contribution >= 0.6 is 11.6 Å². The monoisotopic (exact) mass is 267 g/mol. The third kappa shape index (κ3) is 4.38. The molecule has 7 heteroatoms. The minimum Gasteiger partial charge on any atom is -0.367 e. The Morgan fingerprint density at radius 2 is 1.94 bits per heavy atom. The lowest BCUT2D eigenvalue weighted by molar-refractivity contribution is -0.141. The molecule has 1 aromatic heterocycles. The fourth-order valence-corrected chi connectivity index (χ4v) is 1.09. The van der Waals surface area contributed by atoms with Gasteiger partial charge in [-0.05, 0) is 18.1 Å². The Morgan fingerprint density at radius 3 is 2.35 bits per heavy atom. The smallest absolute Gasteiger partial charge is 0.367 e. The van der Waals surface area contributed by atoms with Crippen LogP contribution in [-0.2, 0) is 6.18 Å². The number of aromatic nitrogens is 2. The van der Waals surface area contributed by atoms with Crippen molar-refractivity contribution in [3.8, 4) is 0 Å². The minimum absolute atomic E-state index is 0.112. The molecule has 0 aliphatic carbocycles. The first-order chi connectivity index (χ1) is 7.80. The summed E-state index contributed by atoms with van der Waals surface area (Å²) in [5.41, 5.74) is -1.01. The van der Waals surface area contributed by atoms with Crippen molar-refractivity contribution in [2.24, 2.45) is 5.92 Å². The topological polar surface area (TPSA) is 37.8 Å². The molecular weight excluding hydrogens is 255 g/mol. The van der Waals surface area contributed by atoms with Gasteiger partial charge in [-0.25, -0.2) is 0 Å². The molecule has 3 nitrogen and oxygen atoms in total. The molecule has 17 heavy (non-hydrogen) atoms. The predicted molar refractivity (Wildman–Crippen MR) is 60.0 cm³/mol. The van der Waals surface area contributed by atoms with Gasteiger partial charge in [-0.1, -0.05) is 13.8 Å². The zero-order chi connectivity index (χ0) is 13.1. The Hall–Kier alpha value is -1.04. The van der Waals surface area contributed by atoms with Gasteiger partial charge in [0, 0.05) is 6.54 Å². The molecule has 0 amide bonds. The first-order valence-corrected chi connectivity index (χ1v) is 5.53. The lowest BCUT2D eigenvalue weighted by atomic mass is 10.1. The second kappa shape index (κ2) is 5.53. The van der Waals surface area contributed by atoms with E-state index in [0.717, 1.165) is 6.07 Å². The number of hydrogen-bond donors (Lipinski definition) is 1. The Kier molecular flexibility index (Phi) is 4.56. The average Bonchev–Trinajstić information content (AvgIpc) is 2.25. The molecule has 0 aliphatic heterocycles. The van der Waals surface area contributed by atoms with E-state index in [1.54, 1.807) is 0 Å². The van der Waals surface area contributed by atoms with Gasteiger partial charge in [0.2, 0.25) is 0 Å². The third-order valence-electron chi connectivity index (χ3n) is 2.16. The number of nitrogens with zero attached hydrogens (tertiary/aromatic N) is 2. The normalized spacial score (nSPS) is 13.8. The second-order valence-corrected chi connectivity index (χ2v) is 4.50. The molecule has 0 saturated heterocycles. The van der Waals surface area contributed by atoms with Crippen molar-refractivity contribution in [1.82, 2.24) is 10.2 Å². The molecule has 0 aromatic carbocycles. The Morgan fingerprint density at radius 1 is 1.29 bits per heavy atom. The van der Waals surface area contributed by atoms with Crippen LogP contribution in [0.15, 0.2) is 12.1 Å². The van der Waals surface area contributed by atoms with Crippen LogP contribution in [0.5, 0.6) is 0 Å². The Balaban J connectivity index is 2.57. The molecule has 0 aliphatic rings. The van der Waals surface area contributed by atoms with Crippen LogP contribution in [0.1, 0.15) is 19.5 Å². The Labute approximate surface area is 102 Å². The summed E-state index contributed by atoms with van der Waals surface area (Å²) in [7, 11) is 0. The van der Waals surface area contributed by atoms with Crippen LogP contribution in [-0.4, -0.2) is 22.1 Å². The molecule has 1 heterocycles. The van der Waals surface area contributed by atoms with Crippen molar-refractivity contribution in [2.75, 3.05) is 11.9 Å². The number of rotatable bonds is 4. The zero-order valence-corrected chi connectivity index (χ0v) is 10.2. The second-order valence-electron chi connectivity index (χ2n) is 3.94. The summed E-state index contributed by atoms with van der Waals surface area (Å²) in [4.78, 5) is 0. The van der Waals surface area contributed by atoms with E-state index in [2.05, 4.69) is 15.5 Å². The molecule has 1 rings (SSSR count). The van der Waals surface area contributed by atoms with Gasteiger partial charge in [0.05, 0.1) is 5.38 Å². The van der Waals surface area contributed by atoms with Crippen molar-refractivity contribution in [2.45, 2.75) is 25.4 Å². The van der Waals surface area contributed by atoms with Crippen molar-refractivity contribution in [3.63, 3.8) is 0 Å². The van der Waals surface area contributed by atoms with E-state index in [4.69, 9.17) is 11.6 Å². The van der Waals surface area contributed by atoms with Gasteiger partial charge in [-0.15, -0.1) is 21.8 Å². The maximum Gasteiger partial charge on any atom is 0.435 e. The van der Waals surface area contributed by atoms with Gasteiger partial charge in [0.15, 0.2) is 5.69 Å². The molecule has 1 aromatic rings. The first-order valence-electron chi connectivity index (χ1n) is 5.09. The predicted octanol–water partition coefficient (Wildman–Crippen LogP) is 3.17. The van der Waals surface area contributed by atoms with E-state index >= 15 is 0 Å². The van der Waals surface area contributed by atoms with Crippen molar-refractivity contribution in [1.29, 1.82) is 0 Å². The summed E-state index contributed by atoms with van der Waals surface area (Å²) in [6, 6.07) is 2.12. The molecule has 0 spiro atoms. The van der Waals surface area contributed by atoms with Crippen LogP contribution in [0.3, 0.4) is 0 Å². The number of halogens is 4. The van der Waals surface area contributed by atoms with Gasteiger partial charge < -0.3 is 5.32 Å². The van der Waals surface area contributed by atoms with Gasteiger partial charge in [0.1, 0.15) is 5.82 Å². The molecule has 1 N–H and O–H groups in total. The molecule has 0 fully saturated rings. The third-order valence-corrected chi connectivity index (χ3v) is 2.81. The van der Waals surface area contributed by atoms with Gasteiger partial charge >= 0.3 is 6.18 Å². The van der Waals surface area contributed by atoms with E-state index in [1.165, 1.54) is 6.07 Å². The molecule has 96 valence electrons. The van der Waals surface area contributed by atoms with Crippen LogP contribution < -0.4 is 5.32 Å². The van der Waals surface area contributed by atoms with E-state index in [9.17, 15) is 13.2 Å². The summed E-state index contributed by atoms with van der Waals surface area (Å²) < 4.78 is 36.6. The van der Waals surface area contributed by atoms with E-state index in [-0.39, 0.29) is 17.1 Å². The number of anilines is 1. The largest absolute Gasteiger partial charge is 0.435 e. The maximum atomic E-state index is 12.2. The van der Waals surface area contributed by atoms with Crippen LogP contribution in [0, 0.1) is 5.92 Å². The minimum atomic E-state index is -4.46. The number of alkyl halides is 4.